The lowest BCUT2D eigenvalue weighted by Crippen LogP contribution is -2.47. The van der Waals surface area contributed by atoms with E-state index in [-0.39, 0.29) is 12.4 Å². The lowest BCUT2D eigenvalue weighted by atomic mass is 9.62. The Morgan fingerprint density at radius 2 is 2.07 bits per heavy atom. The van der Waals surface area contributed by atoms with Gasteiger partial charge in [0.05, 0.1) is 0 Å². The van der Waals surface area contributed by atoms with Crippen molar-refractivity contribution in [3.05, 3.63) is 33.8 Å². The molecule has 0 amide bonds. The lowest BCUT2D eigenvalue weighted by molar-refractivity contribution is 0.219. The average molecular weight is 289 g/mol. The van der Waals surface area contributed by atoms with Gasteiger partial charge in [0.15, 0.2) is 0 Å². The van der Waals surface area contributed by atoms with Crippen LogP contribution in [0.5, 0.6) is 0 Å². The van der Waals surface area contributed by atoms with E-state index in [4.69, 9.17) is 0 Å². The van der Waals surface area contributed by atoms with Crippen LogP contribution in [0.15, 0.2) is 22.7 Å². The Morgan fingerprint density at radius 1 is 1.27 bits per heavy atom. The molecule has 0 saturated heterocycles. The van der Waals surface area contributed by atoms with Gasteiger partial charge in [0.2, 0.25) is 0 Å². The number of hydrogen-bond acceptors (Lipinski definition) is 1. The molecule has 1 aliphatic heterocycles. The lowest BCUT2D eigenvalue weighted by Gasteiger charge is -2.46. The van der Waals surface area contributed by atoms with Gasteiger partial charge in [0, 0.05) is 23.0 Å². The summed E-state index contributed by atoms with van der Waals surface area (Å²) in [5.74, 6) is 0. The molecule has 1 N–H and O–H groups in total. The fraction of sp³-hybridized carbons (Fsp3) is 0.500. The standard InChI is InChI=1S/C12H14BrN.ClH/c13-11-4-1-3-10-9(11)7-14-8-12(10)5-2-6-12;/h1,3-4,14H,2,5-8H2;1H. The molecule has 1 aromatic carbocycles. The molecule has 0 unspecified atom stereocenters. The molecule has 82 valence electrons. The zero-order chi connectivity index (χ0) is 9.60. The van der Waals surface area contributed by atoms with E-state index in [1.54, 1.807) is 5.56 Å². The highest BCUT2D eigenvalue weighted by Gasteiger charge is 2.41. The van der Waals surface area contributed by atoms with Crippen molar-refractivity contribution < 1.29 is 0 Å². The van der Waals surface area contributed by atoms with Gasteiger partial charge in [-0.25, -0.2) is 0 Å². The summed E-state index contributed by atoms with van der Waals surface area (Å²) in [6.45, 7) is 2.20. The number of halogens is 2. The van der Waals surface area contributed by atoms with Crippen molar-refractivity contribution in [1.82, 2.24) is 5.32 Å². The van der Waals surface area contributed by atoms with Crippen LogP contribution in [0.4, 0.5) is 0 Å². The third-order valence-corrected chi connectivity index (χ3v) is 4.51. The first-order chi connectivity index (χ1) is 6.82. The molecule has 1 aromatic rings. The largest absolute Gasteiger partial charge is 0.312 e. The van der Waals surface area contributed by atoms with Crippen LogP contribution >= 0.6 is 28.3 Å². The molecule has 0 aromatic heterocycles. The molecule has 1 nitrogen and oxygen atoms in total. The predicted octanol–water partition coefficient (Wildman–Crippen LogP) is 3.40. The molecule has 3 heteroatoms. The van der Waals surface area contributed by atoms with Gasteiger partial charge in [-0.3, -0.25) is 0 Å². The van der Waals surface area contributed by atoms with E-state index < -0.39 is 0 Å². The summed E-state index contributed by atoms with van der Waals surface area (Å²) in [6.07, 6.45) is 4.13. The normalized spacial score (nSPS) is 21.4. The minimum absolute atomic E-state index is 0. The first kappa shape index (κ1) is 11.4. The van der Waals surface area contributed by atoms with Gasteiger partial charge in [0.25, 0.3) is 0 Å². The second-order valence-electron chi connectivity index (χ2n) is 4.50. The molecule has 1 aliphatic carbocycles. The summed E-state index contributed by atoms with van der Waals surface area (Å²) in [6, 6.07) is 6.65. The summed E-state index contributed by atoms with van der Waals surface area (Å²) < 4.78 is 1.27. The van der Waals surface area contributed by atoms with Crippen molar-refractivity contribution in [2.45, 2.75) is 31.2 Å². The Labute approximate surface area is 105 Å². The summed E-state index contributed by atoms with van der Waals surface area (Å²) >= 11 is 3.65. The minimum atomic E-state index is 0. The highest BCUT2D eigenvalue weighted by molar-refractivity contribution is 9.10. The third kappa shape index (κ3) is 1.63. The molecule has 15 heavy (non-hydrogen) atoms. The van der Waals surface area contributed by atoms with Crippen LogP contribution in [0.2, 0.25) is 0 Å². The summed E-state index contributed by atoms with van der Waals surface area (Å²) in [7, 11) is 0. The Morgan fingerprint density at radius 3 is 2.73 bits per heavy atom. The third-order valence-electron chi connectivity index (χ3n) is 3.77. The van der Waals surface area contributed by atoms with Crippen molar-refractivity contribution in [3.63, 3.8) is 0 Å². The van der Waals surface area contributed by atoms with Crippen molar-refractivity contribution in [2.24, 2.45) is 0 Å². The van der Waals surface area contributed by atoms with E-state index in [1.807, 2.05) is 0 Å². The Bertz CT molecular complexity index is 374. The molecule has 0 radical (unpaired) electrons. The topological polar surface area (TPSA) is 12.0 Å². The number of hydrogen-bond donors (Lipinski definition) is 1. The molecule has 0 atom stereocenters. The molecule has 1 heterocycles. The second kappa shape index (κ2) is 4.08. The van der Waals surface area contributed by atoms with Gasteiger partial charge in [-0.1, -0.05) is 34.5 Å². The summed E-state index contributed by atoms with van der Waals surface area (Å²) in [5, 5.41) is 3.54. The van der Waals surface area contributed by atoms with Crippen molar-refractivity contribution >= 4 is 28.3 Å². The van der Waals surface area contributed by atoms with Crippen LogP contribution in [0.25, 0.3) is 0 Å². The van der Waals surface area contributed by atoms with Crippen LogP contribution in [-0.4, -0.2) is 6.54 Å². The van der Waals surface area contributed by atoms with Crippen LogP contribution in [0.1, 0.15) is 30.4 Å². The first-order valence-electron chi connectivity index (χ1n) is 5.30. The molecule has 1 saturated carbocycles. The van der Waals surface area contributed by atoms with Gasteiger partial charge >= 0.3 is 0 Å². The molecule has 1 spiro atoms. The maximum Gasteiger partial charge on any atom is 0.0223 e. The van der Waals surface area contributed by atoms with Crippen LogP contribution in [0.3, 0.4) is 0 Å². The van der Waals surface area contributed by atoms with Crippen molar-refractivity contribution in [1.29, 1.82) is 0 Å². The zero-order valence-electron chi connectivity index (χ0n) is 8.55. The van der Waals surface area contributed by atoms with Crippen LogP contribution in [-0.2, 0) is 12.0 Å². The fourth-order valence-electron chi connectivity index (χ4n) is 2.81. The first-order valence-corrected chi connectivity index (χ1v) is 6.10. The summed E-state index contributed by atoms with van der Waals surface area (Å²) in [4.78, 5) is 0. The maximum absolute atomic E-state index is 3.65. The van der Waals surface area contributed by atoms with Gasteiger partial charge in [-0.05, 0) is 30.0 Å². The smallest absolute Gasteiger partial charge is 0.0223 e. The quantitative estimate of drug-likeness (QED) is 0.771. The van der Waals surface area contributed by atoms with E-state index in [1.165, 1.54) is 35.8 Å². The Balaban J connectivity index is 0.000000853. The van der Waals surface area contributed by atoms with E-state index in [0.717, 1.165) is 6.54 Å². The maximum atomic E-state index is 3.65. The molecule has 0 bridgehead atoms. The van der Waals surface area contributed by atoms with E-state index >= 15 is 0 Å². The van der Waals surface area contributed by atoms with Gasteiger partial charge in [-0.2, -0.15) is 0 Å². The number of rotatable bonds is 0. The number of nitrogens with one attached hydrogen (secondary N) is 1. The van der Waals surface area contributed by atoms with Crippen LogP contribution in [0, 0.1) is 0 Å². The molecule has 1 fully saturated rings. The SMILES string of the molecule is Brc1cccc2c1CNCC21CCC1.Cl. The Hall–Kier alpha value is -0.0500. The van der Waals surface area contributed by atoms with E-state index in [2.05, 4.69) is 39.4 Å². The van der Waals surface area contributed by atoms with Gasteiger partial charge < -0.3 is 5.32 Å². The van der Waals surface area contributed by atoms with Gasteiger partial charge in [0.1, 0.15) is 0 Å². The zero-order valence-corrected chi connectivity index (χ0v) is 11.0. The molecule has 3 rings (SSSR count). The molecule has 2 aliphatic rings. The number of fused-ring (bicyclic) bond motifs is 2. The van der Waals surface area contributed by atoms with E-state index in [9.17, 15) is 0 Å². The highest BCUT2D eigenvalue weighted by Crippen LogP contribution is 2.47. The fourth-order valence-corrected chi connectivity index (χ4v) is 3.31. The molecular formula is C12H15BrClN. The van der Waals surface area contributed by atoms with Crippen molar-refractivity contribution in [2.75, 3.05) is 6.54 Å². The second-order valence-corrected chi connectivity index (χ2v) is 5.36. The van der Waals surface area contributed by atoms with E-state index in [0.29, 0.717) is 5.41 Å². The van der Waals surface area contributed by atoms with Crippen molar-refractivity contribution in [3.8, 4) is 0 Å². The summed E-state index contributed by atoms with van der Waals surface area (Å²) in [5.41, 5.74) is 3.56. The highest BCUT2D eigenvalue weighted by atomic mass is 79.9. The Kier molecular flexibility index (Phi) is 3.11. The predicted molar refractivity (Wildman–Crippen MR) is 68.6 cm³/mol. The van der Waals surface area contributed by atoms with Crippen LogP contribution < -0.4 is 5.32 Å². The number of benzene rings is 1. The average Bonchev–Trinajstić information content (AvgIpc) is 2.15. The van der Waals surface area contributed by atoms with Gasteiger partial charge in [-0.15, -0.1) is 12.4 Å². The molecular weight excluding hydrogens is 273 g/mol. The minimum Gasteiger partial charge on any atom is -0.312 e. The monoisotopic (exact) mass is 287 g/mol.